The molecule has 2 N–H and O–H groups in total. The molecule has 0 saturated carbocycles. The van der Waals surface area contributed by atoms with Crippen LogP contribution in [0.2, 0.25) is 0 Å². The standard InChI is InChI=1S/C14H15N3O3/c18-13-4-2-10(17-13)14(19)15-6-5-9-1-3-12-11(7-9)16-8-20-12/h1,3,7-8,10H,2,4-6H2,(H,15,19)(H,17,18). The van der Waals surface area contributed by atoms with E-state index in [0.29, 0.717) is 19.4 Å². The van der Waals surface area contributed by atoms with Crippen molar-refractivity contribution in [1.29, 1.82) is 0 Å². The Balaban J connectivity index is 1.51. The third-order valence-electron chi connectivity index (χ3n) is 3.42. The first kappa shape index (κ1) is 12.7. The molecule has 2 aromatic rings. The van der Waals surface area contributed by atoms with Crippen molar-refractivity contribution < 1.29 is 14.0 Å². The van der Waals surface area contributed by atoms with E-state index >= 15 is 0 Å². The molecule has 0 radical (unpaired) electrons. The highest BCUT2D eigenvalue weighted by Gasteiger charge is 2.26. The van der Waals surface area contributed by atoms with Crippen molar-refractivity contribution >= 4 is 22.9 Å². The van der Waals surface area contributed by atoms with Crippen LogP contribution < -0.4 is 10.6 Å². The summed E-state index contributed by atoms with van der Waals surface area (Å²) in [4.78, 5) is 26.9. The van der Waals surface area contributed by atoms with Gasteiger partial charge in [0, 0.05) is 13.0 Å². The molecule has 1 atom stereocenters. The predicted molar refractivity (Wildman–Crippen MR) is 71.9 cm³/mol. The summed E-state index contributed by atoms with van der Waals surface area (Å²) in [5.74, 6) is -0.167. The molecule has 104 valence electrons. The van der Waals surface area contributed by atoms with Crippen molar-refractivity contribution in [3.63, 3.8) is 0 Å². The second-order valence-electron chi connectivity index (χ2n) is 4.85. The summed E-state index contributed by atoms with van der Waals surface area (Å²) in [5, 5.41) is 5.49. The van der Waals surface area contributed by atoms with Gasteiger partial charge in [0.1, 0.15) is 11.6 Å². The van der Waals surface area contributed by atoms with Crippen LogP contribution in [0, 0.1) is 0 Å². The summed E-state index contributed by atoms with van der Waals surface area (Å²) in [7, 11) is 0. The first-order valence-electron chi connectivity index (χ1n) is 6.61. The van der Waals surface area contributed by atoms with Gasteiger partial charge in [-0.3, -0.25) is 9.59 Å². The molecular weight excluding hydrogens is 258 g/mol. The quantitative estimate of drug-likeness (QED) is 0.861. The largest absolute Gasteiger partial charge is 0.443 e. The molecule has 1 aliphatic rings. The number of rotatable bonds is 4. The topological polar surface area (TPSA) is 84.2 Å². The van der Waals surface area contributed by atoms with E-state index in [9.17, 15) is 9.59 Å². The molecule has 0 aliphatic carbocycles. The van der Waals surface area contributed by atoms with Crippen LogP contribution in [0.25, 0.3) is 11.1 Å². The van der Waals surface area contributed by atoms with Gasteiger partial charge in [0.05, 0.1) is 0 Å². The van der Waals surface area contributed by atoms with E-state index in [1.807, 2.05) is 18.2 Å². The van der Waals surface area contributed by atoms with Crippen molar-refractivity contribution in [2.75, 3.05) is 6.54 Å². The molecule has 1 unspecified atom stereocenters. The summed E-state index contributed by atoms with van der Waals surface area (Å²) in [6.45, 7) is 0.536. The van der Waals surface area contributed by atoms with Crippen molar-refractivity contribution in [2.24, 2.45) is 0 Å². The number of carbonyl (C=O) groups excluding carboxylic acids is 2. The van der Waals surface area contributed by atoms with Gasteiger partial charge in [-0.15, -0.1) is 0 Å². The lowest BCUT2D eigenvalue weighted by molar-refractivity contribution is -0.125. The van der Waals surface area contributed by atoms with Crippen LogP contribution in [0.5, 0.6) is 0 Å². The Labute approximate surface area is 115 Å². The normalized spacial score (nSPS) is 18.2. The van der Waals surface area contributed by atoms with Gasteiger partial charge >= 0.3 is 0 Å². The smallest absolute Gasteiger partial charge is 0.242 e. The summed E-state index contributed by atoms with van der Waals surface area (Å²) in [6.07, 6.45) is 3.14. The van der Waals surface area contributed by atoms with Crippen LogP contribution in [0.1, 0.15) is 18.4 Å². The number of hydrogen-bond donors (Lipinski definition) is 2. The highest BCUT2D eigenvalue weighted by atomic mass is 16.3. The maximum absolute atomic E-state index is 11.8. The number of nitrogens with zero attached hydrogens (tertiary/aromatic N) is 1. The Kier molecular flexibility index (Phi) is 3.37. The Bertz CT molecular complexity index is 650. The van der Waals surface area contributed by atoms with Crippen LogP contribution in [-0.4, -0.2) is 29.4 Å². The Hall–Kier alpha value is -2.37. The first-order valence-corrected chi connectivity index (χ1v) is 6.61. The van der Waals surface area contributed by atoms with Crippen LogP contribution in [0.4, 0.5) is 0 Å². The van der Waals surface area contributed by atoms with Crippen molar-refractivity contribution in [3.8, 4) is 0 Å². The highest BCUT2D eigenvalue weighted by molar-refractivity contribution is 5.90. The fourth-order valence-electron chi connectivity index (χ4n) is 2.32. The molecule has 1 saturated heterocycles. The molecule has 0 bridgehead atoms. The molecule has 6 heteroatoms. The number of amides is 2. The molecule has 20 heavy (non-hydrogen) atoms. The lowest BCUT2D eigenvalue weighted by Gasteiger charge is -2.10. The van der Waals surface area contributed by atoms with Crippen molar-refractivity contribution in [3.05, 3.63) is 30.2 Å². The van der Waals surface area contributed by atoms with Gasteiger partial charge in [-0.2, -0.15) is 0 Å². The van der Waals surface area contributed by atoms with Gasteiger partial charge in [-0.1, -0.05) is 6.07 Å². The minimum Gasteiger partial charge on any atom is -0.443 e. The number of aromatic nitrogens is 1. The maximum Gasteiger partial charge on any atom is 0.242 e. The van der Waals surface area contributed by atoms with Crippen LogP contribution in [0.15, 0.2) is 29.0 Å². The summed E-state index contributed by atoms with van der Waals surface area (Å²) < 4.78 is 5.17. The van der Waals surface area contributed by atoms with Gasteiger partial charge in [-0.05, 0) is 30.5 Å². The third kappa shape index (κ3) is 2.64. The zero-order valence-corrected chi connectivity index (χ0v) is 10.9. The minimum atomic E-state index is -0.375. The number of oxazole rings is 1. The van der Waals surface area contributed by atoms with E-state index in [2.05, 4.69) is 15.6 Å². The Morgan fingerprint density at radius 3 is 3.20 bits per heavy atom. The van der Waals surface area contributed by atoms with E-state index in [1.54, 1.807) is 0 Å². The molecule has 1 aromatic heterocycles. The average molecular weight is 273 g/mol. The van der Waals surface area contributed by atoms with Gasteiger partial charge in [-0.25, -0.2) is 4.98 Å². The molecule has 2 amide bonds. The number of nitrogens with one attached hydrogen (secondary N) is 2. The highest BCUT2D eigenvalue weighted by Crippen LogP contribution is 2.14. The van der Waals surface area contributed by atoms with E-state index in [4.69, 9.17) is 4.42 Å². The second-order valence-corrected chi connectivity index (χ2v) is 4.85. The maximum atomic E-state index is 11.8. The monoisotopic (exact) mass is 273 g/mol. The van der Waals surface area contributed by atoms with Gasteiger partial charge in [0.2, 0.25) is 11.8 Å². The zero-order valence-electron chi connectivity index (χ0n) is 10.9. The fraction of sp³-hybridized carbons (Fsp3) is 0.357. The molecule has 2 heterocycles. The zero-order chi connectivity index (χ0) is 13.9. The average Bonchev–Trinajstić information content (AvgIpc) is 3.06. The van der Waals surface area contributed by atoms with Crippen molar-refractivity contribution in [1.82, 2.24) is 15.6 Å². The van der Waals surface area contributed by atoms with E-state index in [0.717, 1.165) is 23.1 Å². The predicted octanol–water partition coefficient (Wildman–Crippen LogP) is 0.765. The number of hydrogen-bond acceptors (Lipinski definition) is 4. The molecular formula is C14H15N3O3. The summed E-state index contributed by atoms with van der Waals surface area (Å²) in [5.41, 5.74) is 2.66. The second kappa shape index (κ2) is 5.32. The molecule has 1 aliphatic heterocycles. The van der Waals surface area contributed by atoms with Crippen LogP contribution in [0.3, 0.4) is 0 Å². The molecule has 1 fully saturated rings. The van der Waals surface area contributed by atoms with Gasteiger partial charge < -0.3 is 15.1 Å². The number of benzene rings is 1. The Morgan fingerprint density at radius 2 is 2.40 bits per heavy atom. The SMILES string of the molecule is O=C1CCC(C(=O)NCCc2ccc3ocnc3c2)N1. The van der Waals surface area contributed by atoms with Crippen molar-refractivity contribution in [2.45, 2.75) is 25.3 Å². The minimum absolute atomic E-state index is 0.0540. The van der Waals surface area contributed by atoms with E-state index in [1.165, 1.54) is 6.39 Å². The van der Waals surface area contributed by atoms with Crippen LogP contribution in [-0.2, 0) is 16.0 Å². The molecule has 6 nitrogen and oxygen atoms in total. The summed E-state index contributed by atoms with van der Waals surface area (Å²) >= 11 is 0. The lowest BCUT2D eigenvalue weighted by Crippen LogP contribution is -2.42. The fourth-order valence-corrected chi connectivity index (χ4v) is 2.32. The molecule has 3 rings (SSSR count). The Morgan fingerprint density at radius 1 is 1.50 bits per heavy atom. The third-order valence-corrected chi connectivity index (χ3v) is 3.42. The molecule has 1 aromatic carbocycles. The first-order chi connectivity index (χ1) is 9.72. The van der Waals surface area contributed by atoms with Gasteiger partial charge in [0.15, 0.2) is 12.0 Å². The summed E-state index contributed by atoms with van der Waals surface area (Å²) in [6, 6.07) is 5.40. The molecule has 0 spiro atoms. The van der Waals surface area contributed by atoms with Gasteiger partial charge in [0.25, 0.3) is 0 Å². The lowest BCUT2D eigenvalue weighted by atomic mass is 10.1. The van der Waals surface area contributed by atoms with E-state index < -0.39 is 0 Å². The van der Waals surface area contributed by atoms with E-state index in [-0.39, 0.29) is 17.9 Å². The number of fused-ring (bicyclic) bond motifs is 1. The number of carbonyl (C=O) groups is 2. The van der Waals surface area contributed by atoms with Crippen LogP contribution >= 0.6 is 0 Å².